The summed E-state index contributed by atoms with van der Waals surface area (Å²) in [5.41, 5.74) is 7.54. The molecule has 3 amide bonds. The highest BCUT2D eigenvalue weighted by Gasteiger charge is 2.38. The highest BCUT2D eigenvalue weighted by Crippen LogP contribution is 2.40. The Bertz CT molecular complexity index is 1390. The number of amides is 3. The van der Waals surface area contributed by atoms with E-state index < -0.39 is 17.8 Å². The van der Waals surface area contributed by atoms with Crippen molar-refractivity contribution in [3.63, 3.8) is 0 Å². The van der Waals surface area contributed by atoms with Crippen LogP contribution < -0.4 is 16.4 Å². The van der Waals surface area contributed by atoms with E-state index in [-0.39, 0.29) is 23.5 Å². The van der Waals surface area contributed by atoms with Crippen LogP contribution >= 0.6 is 0 Å². The lowest BCUT2D eigenvalue weighted by molar-refractivity contribution is -0.136. The van der Waals surface area contributed by atoms with Gasteiger partial charge >= 0.3 is 0 Å². The number of piperidine rings is 1. The molecule has 0 radical (unpaired) electrons. The first-order chi connectivity index (χ1) is 20.3. The summed E-state index contributed by atoms with van der Waals surface area (Å²) >= 11 is 0. The van der Waals surface area contributed by atoms with Gasteiger partial charge in [0.05, 0.1) is 12.4 Å². The summed E-state index contributed by atoms with van der Waals surface area (Å²) in [6.07, 6.45) is 5.22. The summed E-state index contributed by atoms with van der Waals surface area (Å²) in [4.78, 5) is 47.9. The van der Waals surface area contributed by atoms with E-state index in [4.69, 9.17) is 5.73 Å². The molecule has 5 rings (SSSR count). The Hall–Kier alpha value is -4.25. The van der Waals surface area contributed by atoms with Crippen molar-refractivity contribution in [1.82, 2.24) is 25.5 Å². The Morgan fingerprint density at radius 1 is 0.952 bits per heavy atom. The van der Waals surface area contributed by atoms with E-state index in [1.165, 1.54) is 12.1 Å². The molecule has 4 N–H and O–H groups in total. The molecule has 2 aliphatic rings. The van der Waals surface area contributed by atoms with E-state index in [1.54, 1.807) is 29.2 Å². The third kappa shape index (κ3) is 7.33. The van der Waals surface area contributed by atoms with Crippen molar-refractivity contribution in [2.24, 2.45) is 11.7 Å². The van der Waals surface area contributed by atoms with E-state index in [0.717, 1.165) is 24.4 Å². The molecule has 1 aliphatic carbocycles. The third-order valence-electron chi connectivity index (χ3n) is 8.00. The van der Waals surface area contributed by atoms with Gasteiger partial charge in [-0.15, -0.1) is 0 Å². The lowest BCUT2D eigenvalue weighted by atomic mass is 9.95. The molecule has 2 fully saturated rings. The highest BCUT2D eigenvalue weighted by atomic mass is 19.1. The summed E-state index contributed by atoms with van der Waals surface area (Å²) in [5.74, 6) is -1.29. The molecule has 9 nitrogen and oxygen atoms in total. The lowest BCUT2D eigenvalue weighted by Gasteiger charge is -2.33. The van der Waals surface area contributed by atoms with Crippen molar-refractivity contribution in [2.45, 2.75) is 50.1 Å². The fraction of sp³-hybridized carbons (Fsp3) is 0.387. The van der Waals surface area contributed by atoms with Crippen LogP contribution in [0.15, 0.2) is 60.9 Å². The van der Waals surface area contributed by atoms with E-state index in [9.17, 15) is 23.2 Å². The number of nitrogens with two attached hydrogens (primary N) is 1. The SMILES string of the molecule is NC(=O)C1CCN(C(=O)[C@H](CCCN[C@@H]2C[C@H]2c2ccc(F)cc2)NC(=O)c2ccc(-c3ncc(F)cn3)cc2)CC1. The van der Waals surface area contributed by atoms with Crippen molar-refractivity contribution < 1.29 is 23.2 Å². The number of nitrogens with one attached hydrogen (secondary N) is 2. The standard InChI is InChI=1S/C31H34F2N6O3/c32-23-9-7-19(8-10-23)25-16-27(25)35-13-1-2-26(31(42)39-14-11-20(12-15-39)28(34)40)38-30(41)22-5-3-21(4-6-22)29-36-17-24(33)18-37-29/h3-10,17-18,20,25-27,35H,1-2,11-16H2,(H2,34,40)(H,38,41)/t25-,26-,27+/m0/s1. The molecule has 2 aromatic carbocycles. The topological polar surface area (TPSA) is 130 Å². The zero-order chi connectivity index (χ0) is 29.6. The van der Waals surface area contributed by atoms with Gasteiger partial charge in [-0.25, -0.2) is 18.7 Å². The number of hydrogen-bond donors (Lipinski definition) is 3. The lowest BCUT2D eigenvalue weighted by Crippen LogP contribution is -2.51. The van der Waals surface area contributed by atoms with E-state index in [1.807, 2.05) is 12.1 Å². The average Bonchev–Trinajstić information content (AvgIpc) is 3.78. The molecule has 1 aromatic heterocycles. The number of primary amides is 1. The second-order valence-corrected chi connectivity index (χ2v) is 10.9. The molecule has 0 bridgehead atoms. The molecule has 2 heterocycles. The van der Waals surface area contributed by atoms with Gasteiger partial charge in [0.15, 0.2) is 11.6 Å². The number of likely N-dealkylation sites (tertiary alicyclic amines) is 1. The maximum Gasteiger partial charge on any atom is 0.251 e. The largest absolute Gasteiger partial charge is 0.369 e. The molecule has 0 unspecified atom stereocenters. The predicted molar refractivity (Wildman–Crippen MR) is 152 cm³/mol. The van der Waals surface area contributed by atoms with Crippen molar-refractivity contribution >= 4 is 17.7 Å². The average molecular weight is 577 g/mol. The minimum absolute atomic E-state index is 0.182. The summed E-state index contributed by atoms with van der Waals surface area (Å²) in [6, 6.07) is 12.7. The van der Waals surface area contributed by atoms with Crippen molar-refractivity contribution in [3.05, 3.63) is 83.7 Å². The molecule has 1 saturated carbocycles. The summed E-state index contributed by atoms with van der Waals surface area (Å²) < 4.78 is 26.4. The fourth-order valence-electron chi connectivity index (χ4n) is 5.43. The number of nitrogens with zero attached hydrogens (tertiary/aromatic N) is 3. The minimum Gasteiger partial charge on any atom is -0.369 e. The predicted octanol–water partition coefficient (Wildman–Crippen LogP) is 3.17. The molecule has 3 aromatic rings. The Morgan fingerprint density at radius 2 is 1.62 bits per heavy atom. The van der Waals surface area contributed by atoms with Crippen LogP contribution in [0.1, 0.15) is 53.9 Å². The summed E-state index contributed by atoms with van der Waals surface area (Å²) in [5, 5.41) is 6.41. The highest BCUT2D eigenvalue weighted by molar-refractivity contribution is 5.97. The number of carbonyl (C=O) groups excluding carboxylic acids is 3. The molecule has 42 heavy (non-hydrogen) atoms. The minimum atomic E-state index is -0.739. The van der Waals surface area contributed by atoms with Gasteiger partial charge in [0.1, 0.15) is 11.9 Å². The van der Waals surface area contributed by atoms with E-state index in [0.29, 0.717) is 74.2 Å². The number of benzene rings is 2. The monoisotopic (exact) mass is 576 g/mol. The zero-order valence-electron chi connectivity index (χ0n) is 23.1. The smallest absolute Gasteiger partial charge is 0.251 e. The van der Waals surface area contributed by atoms with Gasteiger partial charge in [0.25, 0.3) is 5.91 Å². The first-order valence-corrected chi connectivity index (χ1v) is 14.2. The molecule has 0 spiro atoms. The first kappa shape index (κ1) is 29.2. The molecular weight excluding hydrogens is 542 g/mol. The van der Waals surface area contributed by atoms with Crippen LogP contribution in [-0.2, 0) is 9.59 Å². The Labute approximate surface area is 242 Å². The van der Waals surface area contributed by atoms with Gasteiger partial charge in [-0.1, -0.05) is 24.3 Å². The van der Waals surface area contributed by atoms with E-state index >= 15 is 0 Å². The molecule has 1 saturated heterocycles. The van der Waals surface area contributed by atoms with Gasteiger partial charge in [-0.05, 0) is 68.5 Å². The van der Waals surface area contributed by atoms with Crippen LogP contribution in [0.4, 0.5) is 8.78 Å². The quantitative estimate of drug-likeness (QED) is 0.301. The van der Waals surface area contributed by atoms with Gasteiger partial charge in [0.2, 0.25) is 11.8 Å². The van der Waals surface area contributed by atoms with Crippen LogP contribution in [0.5, 0.6) is 0 Å². The van der Waals surface area contributed by atoms with Crippen LogP contribution in [0, 0.1) is 17.6 Å². The number of carbonyl (C=O) groups is 3. The molecule has 11 heteroatoms. The Kier molecular flexibility index (Phi) is 9.16. The van der Waals surface area contributed by atoms with Crippen molar-refractivity contribution in [2.75, 3.05) is 19.6 Å². The molecule has 1 aliphatic heterocycles. The van der Waals surface area contributed by atoms with Crippen LogP contribution in [-0.4, -0.2) is 64.3 Å². The van der Waals surface area contributed by atoms with Gasteiger partial charge < -0.3 is 21.3 Å². The maximum atomic E-state index is 13.5. The van der Waals surface area contributed by atoms with Crippen LogP contribution in [0.25, 0.3) is 11.4 Å². The second-order valence-electron chi connectivity index (χ2n) is 10.9. The Morgan fingerprint density at radius 3 is 2.26 bits per heavy atom. The van der Waals surface area contributed by atoms with Crippen molar-refractivity contribution in [1.29, 1.82) is 0 Å². The first-order valence-electron chi connectivity index (χ1n) is 14.2. The third-order valence-corrected chi connectivity index (χ3v) is 8.00. The summed E-state index contributed by atoms with van der Waals surface area (Å²) in [6.45, 7) is 1.48. The van der Waals surface area contributed by atoms with Gasteiger partial charge in [-0.3, -0.25) is 14.4 Å². The summed E-state index contributed by atoms with van der Waals surface area (Å²) in [7, 11) is 0. The van der Waals surface area contributed by atoms with Crippen LogP contribution in [0.3, 0.4) is 0 Å². The number of aromatic nitrogens is 2. The number of hydrogen-bond acceptors (Lipinski definition) is 6. The molecule has 3 atom stereocenters. The number of rotatable bonds is 11. The van der Waals surface area contributed by atoms with Crippen molar-refractivity contribution in [3.8, 4) is 11.4 Å². The molecular formula is C31H34F2N6O3. The van der Waals surface area contributed by atoms with Gasteiger partial charge in [0, 0.05) is 42.1 Å². The Balaban J connectivity index is 1.18. The molecule has 220 valence electrons. The van der Waals surface area contributed by atoms with E-state index in [2.05, 4.69) is 20.6 Å². The normalized spacial score (nSPS) is 19.2. The fourth-order valence-corrected chi connectivity index (χ4v) is 5.43. The van der Waals surface area contributed by atoms with Crippen LogP contribution in [0.2, 0.25) is 0 Å². The van der Waals surface area contributed by atoms with Gasteiger partial charge in [-0.2, -0.15) is 0 Å². The zero-order valence-corrected chi connectivity index (χ0v) is 23.1. The second kappa shape index (κ2) is 13.2. The maximum absolute atomic E-state index is 13.5. The number of halogens is 2.